The highest BCUT2D eigenvalue weighted by molar-refractivity contribution is 6.11. The summed E-state index contributed by atoms with van der Waals surface area (Å²) >= 11 is 0. The number of amides is 3. The van der Waals surface area contributed by atoms with Crippen LogP contribution in [-0.2, 0) is 16.1 Å². The van der Waals surface area contributed by atoms with Crippen molar-refractivity contribution in [2.24, 2.45) is 0 Å². The number of ketones is 1. The van der Waals surface area contributed by atoms with Crippen molar-refractivity contribution >= 4 is 17.7 Å². The van der Waals surface area contributed by atoms with Gasteiger partial charge in [0.15, 0.2) is 5.78 Å². The first-order chi connectivity index (χ1) is 13.9. The van der Waals surface area contributed by atoms with E-state index >= 15 is 0 Å². The smallest absolute Gasteiger partial charge is 0.325 e. The predicted molar refractivity (Wildman–Crippen MR) is 108 cm³/mol. The number of nitrogens with one attached hydrogen (secondary N) is 1. The third-order valence-corrected chi connectivity index (χ3v) is 6.79. The maximum absolute atomic E-state index is 13.1. The highest BCUT2D eigenvalue weighted by atomic mass is 16.5. The lowest BCUT2D eigenvalue weighted by Crippen LogP contribution is -2.46. The van der Waals surface area contributed by atoms with E-state index in [1.165, 1.54) is 0 Å². The first-order valence-corrected chi connectivity index (χ1v) is 10.9. The molecule has 1 spiro atoms. The summed E-state index contributed by atoms with van der Waals surface area (Å²) in [5.41, 5.74) is 1.66. The summed E-state index contributed by atoms with van der Waals surface area (Å²) in [4.78, 5) is 39.8. The molecule has 0 unspecified atom stereocenters. The average molecular weight is 402 g/mol. The van der Waals surface area contributed by atoms with Gasteiger partial charge in [-0.2, -0.15) is 0 Å². The molecule has 2 saturated heterocycles. The van der Waals surface area contributed by atoms with E-state index < -0.39 is 11.6 Å². The molecule has 3 aliphatic rings. The number of urea groups is 1. The van der Waals surface area contributed by atoms with E-state index in [0.29, 0.717) is 18.4 Å². The fourth-order valence-corrected chi connectivity index (χ4v) is 5.08. The Hall–Kier alpha value is -2.15. The molecule has 0 aromatic carbocycles. The van der Waals surface area contributed by atoms with Gasteiger partial charge in [0.2, 0.25) is 0 Å². The standard InChI is InChI=1S/C22H31N3O4/c1-15-12-18(16(2)24(15)13-17-8-7-11-29-17)19(26)14-25-20(27)22(23-21(25)28)9-5-3-4-6-10-22/h12,17H,3-11,13-14H2,1-2H3,(H,23,28)/t17-/m0/s1. The number of aryl methyl sites for hydroxylation is 1. The van der Waals surface area contributed by atoms with Crippen LogP contribution in [0.3, 0.4) is 0 Å². The molecular weight excluding hydrogens is 370 g/mol. The number of nitrogens with zero attached hydrogens (tertiary/aromatic N) is 2. The lowest BCUT2D eigenvalue weighted by Gasteiger charge is -2.24. The second-order valence-electron chi connectivity index (χ2n) is 8.77. The maximum atomic E-state index is 13.1. The summed E-state index contributed by atoms with van der Waals surface area (Å²) in [6, 6.07) is 1.44. The van der Waals surface area contributed by atoms with Crippen molar-refractivity contribution in [1.82, 2.24) is 14.8 Å². The first kappa shape index (κ1) is 20.1. The molecule has 1 aromatic rings. The number of Topliss-reactive ketones (excluding diaryl/α,β-unsaturated/α-hetero) is 1. The minimum absolute atomic E-state index is 0.184. The number of carbonyl (C=O) groups excluding carboxylic acids is 3. The molecule has 1 atom stereocenters. The van der Waals surface area contributed by atoms with Crippen LogP contribution in [0.25, 0.3) is 0 Å². The average Bonchev–Trinajstić information content (AvgIpc) is 3.29. The van der Waals surface area contributed by atoms with Crippen LogP contribution in [0, 0.1) is 13.8 Å². The number of hydrogen-bond acceptors (Lipinski definition) is 4. The summed E-state index contributed by atoms with van der Waals surface area (Å²) in [6.07, 6.45) is 7.64. The Morgan fingerprint density at radius 3 is 2.55 bits per heavy atom. The molecule has 4 rings (SSSR count). The normalized spacial score (nSPS) is 24.2. The topological polar surface area (TPSA) is 80.6 Å². The van der Waals surface area contributed by atoms with E-state index in [4.69, 9.17) is 4.74 Å². The Bertz CT molecular complexity index is 814. The molecule has 3 fully saturated rings. The van der Waals surface area contributed by atoms with E-state index in [-0.39, 0.29) is 24.3 Å². The van der Waals surface area contributed by atoms with Gasteiger partial charge in [-0.05, 0) is 45.6 Å². The molecule has 3 amide bonds. The van der Waals surface area contributed by atoms with Crippen LogP contribution < -0.4 is 5.32 Å². The van der Waals surface area contributed by atoms with Gasteiger partial charge in [0, 0.05) is 30.1 Å². The quantitative estimate of drug-likeness (QED) is 0.607. The highest BCUT2D eigenvalue weighted by Crippen LogP contribution is 2.33. The van der Waals surface area contributed by atoms with Crippen molar-refractivity contribution in [3.05, 3.63) is 23.0 Å². The predicted octanol–water partition coefficient (Wildman–Crippen LogP) is 3.11. The molecule has 1 saturated carbocycles. The molecule has 0 bridgehead atoms. The molecule has 3 heterocycles. The number of hydrogen-bond donors (Lipinski definition) is 1. The van der Waals surface area contributed by atoms with Crippen LogP contribution in [0.4, 0.5) is 4.79 Å². The Morgan fingerprint density at radius 1 is 1.17 bits per heavy atom. The molecule has 158 valence electrons. The van der Waals surface area contributed by atoms with Crippen molar-refractivity contribution in [2.45, 2.75) is 83.4 Å². The van der Waals surface area contributed by atoms with E-state index in [1.54, 1.807) is 0 Å². The Kier molecular flexibility index (Phi) is 5.51. The lowest BCUT2D eigenvalue weighted by molar-refractivity contribution is -0.131. The van der Waals surface area contributed by atoms with Gasteiger partial charge in [-0.1, -0.05) is 25.7 Å². The van der Waals surface area contributed by atoms with Gasteiger partial charge in [0.05, 0.1) is 12.6 Å². The van der Waals surface area contributed by atoms with Gasteiger partial charge in [-0.3, -0.25) is 14.5 Å². The Morgan fingerprint density at radius 2 is 1.90 bits per heavy atom. The number of aromatic nitrogens is 1. The minimum Gasteiger partial charge on any atom is -0.376 e. The van der Waals surface area contributed by atoms with Crippen molar-refractivity contribution in [3.63, 3.8) is 0 Å². The third-order valence-electron chi connectivity index (χ3n) is 6.79. The van der Waals surface area contributed by atoms with E-state index in [1.807, 2.05) is 19.9 Å². The summed E-state index contributed by atoms with van der Waals surface area (Å²) < 4.78 is 7.85. The third kappa shape index (κ3) is 3.72. The SMILES string of the molecule is Cc1cc(C(=O)CN2C(=O)NC3(CCCCCC3)C2=O)c(C)n1C[C@@H]1CCCO1. The first-order valence-electron chi connectivity index (χ1n) is 10.9. The molecule has 0 radical (unpaired) electrons. The summed E-state index contributed by atoms with van der Waals surface area (Å²) in [5.74, 6) is -0.420. The second-order valence-corrected chi connectivity index (χ2v) is 8.77. The van der Waals surface area contributed by atoms with E-state index in [9.17, 15) is 14.4 Å². The Balaban J connectivity index is 1.49. The van der Waals surface area contributed by atoms with Gasteiger partial charge in [-0.25, -0.2) is 4.79 Å². The fourth-order valence-electron chi connectivity index (χ4n) is 5.08. The second kappa shape index (κ2) is 7.94. The van der Waals surface area contributed by atoms with Crippen molar-refractivity contribution < 1.29 is 19.1 Å². The molecular formula is C22H31N3O4. The summed E-state index contributed by atoms with van der Waals surface area (Å²) in [5, 5.41) is 2.91. The van der Waals surface area contributed by atoms with Crippen molar-refractivity contribution in [3.8, 4) is 0 Å². The molecule has 7 heteroatoms. The van der Waals surface area contributed by atoms with Crippen LogP contribution in [0.1, 0.15) is 73.1 Å². The van der Waals surface area contributed by atoms with Crippen LogP contribution in [0.5, 0.6) is 0 Å². The molecule has 29 heavy (non-hydrogen) atoms. The van der Waals surface area contributed by atoms with Gasteiger partial charge < -0.3 is 14.6 Å². The van der Waals surface area contributed by atoms with Gasteiger partial charge >= 0.3 is 6.03 Å². The molecule has 1 aromatic heterocycles. The molecule has 7 nitrogen and oxygen atoms in total. The van der Waals surface area contributed by atoms with Crippen LogP contribution in [0.2, 0.25) is 0 Å². The van der Waals surface area contributed by atoms with Crippen LogP contribution in [0.15, 0.2) is 6.07 Å². The lowest BCUT2D eigenvalue weighted by atomic mass is 9.90. The van der Waals surface area contributed by atoms with Crippen molar-refractivity contribution in [2.75, 3.05) is 13.2 Å². The zero-order valence-corrected chi connectivity index (χ0v) is 17.5. The number of carbonyl (C=O) groups is 3. The monoisotopic (exact) mass is 401 g/mol. The Labute approximate surface area is 171 Å². The summed E-state index contributed by atoms with van der Waals surface area (Å²) in [7, 11) is 0. The van der Waals surface area contributed by atoms with Crippen molar-refractivity contribution in [1.29, 1.82) is 0 Å². The fraction of sp³-hybridized carbons (Fsp3) is 0.682. The zero-order valence-electron chi connectivity index (χ0n) is 17.5. The van der Waals surface area contributed by atoms with Gasteiger partial charge in [-0.15, -0.1) is 0 Å². The van der Waals surface area contributed by atoms with Gasteiger partial charge in [0.25, 0.3) is 5.91 Å². The number of imide groups is 1. The number of ether oxygens (including phenoxy) is 1. The van der Waals surface area contributed by atoms with Crippen LogP contribution in [-0.4, -0.2) is 52.0 Å². The highest BCUT2D eigenvalue weighted by Gasteiger charge is 2.51. The summed E-state index contributed by atoms with van der Waals surface area (Å²) in [6.45, 7) is 5.23. The molecule has 2 aliphatic heterocycles. The molecule has 1 aliphatic carbocycles. The molecule has 1 N–H and O–H groups in total. The van der Waals surface area contributed by atoms with Gasteiger partial charge in [0.1, 0.15) is 5.54 Å². The van der Waals surface area contributed by atoms with E-state index in [0.717, 1.165) is 68.0 Å². The number of rotatable bonds is 5. The largest absolute Gasteiger partial charge is 0.376 e. The maximum Gasteiger partial charge on any atom is 0.325 e. The minimum atomic E-state index is -0.801. The zero-order chi connectivity index (χ0) is 20.6. The van der Waals surface area contributed by atoms with Crippen LogP contribution >= 0.6 is 0 Å². The van der Waals surface area contributed by atoms with E-state index in [2.05, 4.69) is 9.88 Å².